The first kappa shape index (κ1) is 16.0. The van der Waals surface area contributed by atoms with Crippen LogP contribution >= 0.6 is 0 Å². The Hall–Kier alpha value is -3.48. The van der Waals surface area contributed by atoms with Crippen LogP contribution in [-0.4, -0.2) is 25.0 Å². The number of aryl methyl sites for hydroxylation is 1. The van der Waals surface area contributed by atoms with Crippen molar-refractivity contribution in [3.63, 3.8) is 0 Å². The highest BCUT2D eigenvalue weighted by Crippen LogP contribution is 2.41. The number of benzene rings is 2. The van der Waals surface area contributed by atoms with Gasteiger partial charge in [0.05, 0.1) is 13.1 Å². The van der Waals surface area contributed by atoms with Gasteiger partial charge in [-0.05, 0) is 42.3 Å². The van der Waals surface area contributed by atoms with Gasteiger partial charge in [-0.2, -0.15) is 0 Å². The summed E-state index contributed by atoms with van der Waals surface area (Å²) >= 11 is 0. The lowest BCUT2D eigenvalue weighted by atomic mass is 9.98. The Morgan fingerprint density at radius 2 is 2.04 bits per heavy atom. The minimum Gasteiger partial charge on any atom is -0.545 e. The molecule has 7 nitrogen and oxygen atoms in total. The van der Waals surface area contributed by atoms with Crippen molar-refractivity contribution in [1.29, 1.82) is 0 Å². The molecule has 0 bridgehead atoms. The third-order valence-electron chi connectivity index (χ3n) is 4.23. The predicted molar refractivity (Wildman–Crippen MR) is 89.1 cm³/mol. The maximum Gasteiger partial charge on any atom is 0.231 e. The molecule has 0 radical (unpaired) electrons. The number of ether oxygens (including phenoxy) is 3. The van der Waals surface area contributed by atoms with Crippen LogP contribution in [0.5, 0.6) is 17.2 Å². The summed E-state index contributed by atoms with van der Waals surface area (Å²) in [4.78, 5) is 11.4. The number of aromatic nitrogens is 1. The summed E-state index contributed by atoms with van der Waals surface area (Å²) in [5.41, 5.74) is 3.49. The van der Waals surface area contributed by atoms with Gasteiger partial charge in [0.25, 0.3) is 0 Å². The van der Waals surface area contributed by atoms with Gasteiger partial charge in [0.1, 0.15) is 17.7 Å². The molecule has 0 aliphatic carbocycles. The highest BCUT2D eigenvalue weighted by Gasteiger charge is 2.21. The average molecular weight is 352 g/mol. The first-order chi connectivity index (χ1) is 12.6. The standard InChI is InChI=1S/C19H15NO6/c1-10-5-12(7-16-18(10)25-9-24-16)17-14(8-26-20-17)11-3-4-15(23-2)13(6-11)19(21)22/h3-8H,9H2,1-2H3,(H,21,22)/p-1. The van der Waals surface area contributed by atoms with Crippen molar-refractivity contribution in [1.82, 2.24) is 5.16 Å². The van der Waals surface area contributed by atoms with E-state index in [1.165, 1.54) is 19.4 Å². The molecule has 0 amide bonds. The van der Waals surface area contributed by atoms with E-state index >= 15 is 0 Å². The normalized spacial score (nSPS) is 12.2. The van der Waals surface area contributed by atoms with E-state index in [1.807, 2.05) is 19.1 Å². The summed E-state index contributed by atoms with van der Waals surface area (Å²) in [6, 6.07) is 8.52. The molecule has 0 unspecified atom stereocenters. The van der Waals surface area contributed by atoms with Crippen molar-refractivity contribution in [3.05, 3.63) is 47.7 Å². The smallest absolute Gasteiger partial charge is 0.231 e. The van der Waals surface area contributed by atoms with Gasteiger partial charge in [-0.25, -0.2) is 0 Å². The first-order valence-corrected chi connectivity index (χ1v) is 7.83. The number of aromatic carboxylic acids is 1. The number of nitrogens with zero attached hydrogens (tertiary/aromatic N) is 1. The molecule has 1 aliphatic rings. The van der Waals surface area contributed by atoms with Crippen LogP contribution in [-0.2, 0) is 0 Å². The Labute approximate surface area is 148 Å². The average Bonchev–Trinajstić information content (AvgIpc) is 3.30. The number of methoxy groups -OCH3 is 1. The molecule has 0 atom stereocenters. The molecule has 4 rings (SSSR count). The second-order valence-electron chi connectivity index (χ2n) is 5.81. The van der Waals surface area contributed by atoms with Crippen LogP contribution < -0.4 is 19.3 Å². The van der Waals surface area contributed by atoms with Crippen LogP contribution in [0.25, 0.3) is 22.4 Å². The lowest BCUT2D eigenvalue weighted by Gasteiger charge is -2.11. The van der Waals surface area contributed by atoms with E-state index in [4.69, 9.17) is 18.7 Å². The summed E-state index contributed by atoms with van der Waals surface area (Å²) in [5, 5.41) is 15.5. The van der Waals surface area contributed by atoms with E-state index in [0.29, 0.717) is 28.3 Å². The molecule has 1 aliphatic heterocycles. The Bertz CT molecular complexity index is 1010. The zero-order valence-electron chi connectivity index (χ0n) is 14.1. The predicted octanol–water partition coefficient (Wildman–Crippen LogP) is 2.42. The van der Waals surface area contributed by atoms with Crippen LogP contribution in [0, 0.1) is 6.92 Å². The number of hydrogen-bond donors (Lipinski definition) is 0. The van der Waals surface area contributed by atoms with Gasteiger partial charge in [-0.15, -0.1) is 0 Å². The van der Waals surface area contributed by atoms with E-state index in [2.05, 4.69) is 5.16 Å². The molecular formula is C19H14NO6-. The lowest BCUT2D eigenvalue weighted by molar-refractivity contribution is -0.255. The maximum absolute atomic E-state index is 11.4. The van der Waals surface area contributed by atoms with Crippen LogP contribution in [0.1, 0.15) is 15.9 Å². The summed E-state index contributed by atoms with van der Waals surface area (Å²) in [6.07, 6.45) is 1.47. The van der Waals surface area contributed by atoms with E-state index in [-0.39, 0.29) is 18.1 Å². The van der Waals surface area contributed by atoms with Crippen LogP contribution in [0.4, 0.5) is 0 Å². The second kappa shape index (κ2) is 6.11. The van der Waals surface area contributed by atoms with Gasteiger partial charge in [-0.3, -0.25) is 0 Å². The van der Waals surface area contributed by atoms with Gasteiger partial charge < -0.3 is 28.6 Å². The monoisotopic (exact) mass is 352 g/mol. The minimum absolute atomic E-state index is 0.0426. The lowest BCUT2D eigenvalue weighted by Crippen LogP contribution is -2.23. The fourth-order valence-corrected chi connectivity index (χ4v) is 3.01. The van der Waals surface area contributed by atoms with E-state index in [0.717, 1.165) is 11.1 Å². The van der Waals surface area contributed by atoms with E-state index < -0.39 is 5.97 Å². The van der Waals surface area contributed by atoms with E-state index in [9.17, 15) is 9.90 Å². The van der Waals surface area contributed by atoms with Crippen molar-refractivity contribution >= 4 is 5.97 Å². The zero-order valence-corrected chi connectivity index (χ0v) is 14.1. The van der Waals surface area contributed by atoms with Crippen molar-refractivity contribution in [3.8, 4) is 39.6 Å². The SMILES string of the molecule is COc1ccc(-c2conc2-c2cc(C)c3c(c2)OCO3)cc1C(=O)[O-]. The molecule has 0 saturated carbocycles. The molecule has 26 heavy (non-hydrogen) atoms. The summed E-state index contributed by atoms with van der Waals surface area (Å²) in [7, 11) is 1.40. The molecular weight excluding hydrogens is 338 g/mol. The summed E-state index contributed by atoms with van der Waals surface area (Å²) in [5.74, 6) is 0.257. The van der Waals surface area contributed by atoms with Crippen LogP contribution in [0.3, 0.4) is 0 Å². The number of fused-ring (bicyclic) bond motifs is 1. The Morgan fingerprint density at radius 1 is 1.19 bits per heavy atom. The minimum atomic E-state index is -1.32. The fourth-order valence-electron chi connectivity index (χ4n) is 3.01. The third-order valence-corrected chi connectivity index (χ3v) is 4.23. The number of carboxylic acids is 1. The maximum atomic E-state index is 11.4. The van der Waals surface area contributed by atoms with Crippen molar-refractivity contribution in [2.24, 2.45) is 0 Å². The van der Waals surface area contributed by atoms with Crippen LogP contribution in [0.2, 0.25) is 0 Å². The molecule has 2 heterocycles. The topological polar surface area (TPSA) is 93.9 Å². The summed E-state index contributed by atoms with van der Waals surface area (Å²) < 4.78 is 21.1. The quantitative estimate of drug-likeness (QED) is 0.712. The highest BCUT2D eigenvalue weighted by atomic mass is 16.7. The van der Waals surface area contributed by atoms with Crippen LogP contribution in [0.15, 0.2) is 41.1 Å². The van der Waals surface area contributed by atoms with Crippen molar-refractivity contribution in [2.45, 2.75) is 6.92 Å². The Morgan fingerprint density at radius 3 is 2.81 bits per heavy atom. The van der Waals surface area contributed by atoms with Crippen molar-refractivity contribution < 1.29 is 28.6 Å². The second-order valence-corrected chi connectivity index (χ2v) is 5.81. The Kier molecular flexibility index (Phi) is 3.76. The van der Waals surface area contributed by atoms with Crippen molar-refractivity contribution in [2.75, 3.05) is 13.9 Å². The molecule has 0 N–H and O–H groups in total. The number of carbonyl (C=O) groups excluding carboxylic acids is 1. The molecule has 0 fully saturated rings. The fraction of sp³-hybridized carbons (Fsp3) is 0.158. The highest BCUT2D eigenvalue weighted by molar-refractivity contribution is 5.92. The summed E-state index contributed by atoms with van der Waals surface area (Å²) in [6.45, 7) is 2.09. The molecule has 132 valence electrons. The van der Waals surface area contributed by atoms with Gasteiger partial charge in [0.15, 0.2) is 11.5 Å². The number of rotatable bonds is 4. The molecule has 3 aromatic rings. The molecule has 0 saturated heterocycles. The first-order valence-electron chi connectivity index (χ1n) is 7.83. The number of hydrogen-bond acceptors (Lipinski definition) is 7. The van der Waals surface area contributed by atoms with E-state index in [1.54, 1.807) is 12.1 Å². The van der Waals surface area contributed by atoms with Gasteiger partial charge in [0.2, 0.25) is 6.79 Å². The molecule has 1 aromatic heterocycles. The Balaban J connectivity index is 1.83. The molecule has 7 heteroatoms. The third kappa shape index (κ3) is 2.54. The number of carboxylic acid groups (broad SMARTS) is 1. The van der Waals surface area contributed by atoms with Gasteiger partial charge in [0, 0.05) is 16.7 Å². The molecule has 0 spiro atoms. The largest absolute Gasteiger partial charge is 0.545 e. The molecule has 2 aromatic carbocycles. The zero-order chi connectivity index (χ0) is 18.3. The number of carbonyl (C=O) groups is 1. The van der Waals surface area contributed by atoms with Gasteiger partial charge >= 0.3 is 0 Å². The van der Waals surface area contributed by atoms with Gasteiger partial charge in [-0.1, -0.05) is 11.2 Å².